The van der Waals surface area contributed by atoms with E-state index in [0.29, 0.717) is 23.0 Å². The molecule has 2 saturated carbocycles. The predicted octanol–water partition coefficient (Wildman–Crippen LogP) is 3.61. The Morgan fingerprint density at radius 1 is 1.25 bits per heavy atom. The molecule has 1 aromatic carbocycles. The molecule has 2 heteroatoms. The van der Waals surface area contributed by atoms with Crippen LogP contribution in [0.3, 0.4) is 0 Å². The molecule has 0 radical (unpaired) electrons. The molecule has 4 rings (SSSR count). The van der Waals surface area contributed by atoms with Gasteiger partial charge in [-0.1, -0.05) is 13.0 Å². The van der Waals surface area contributed by atoms with Crippen molar-refractivity contribution < 1.29 is 10.2 Å². The minimum atomic E-state index is -0.0787. The van der Waals surface area contributed by atoms with Crippen LogP contribution in [0.4, 0.5) is 0 Å². The second-order valence-electron chi connectivity index (χ2n) is 7.58. The lowest BCUT2D eigenvalue weighted by atomic mass is 9.56. The van der Waals surface area contributed by atoms with Crippen molar-refractivity contribution in [3.63, 3.8) is 0 Å². The highest BCUT2D eigenvalue weighted by molar-refractivity contribution is 5.40. The third kappa shape index (κ3) is 1.74. The fourth-order valence-electron chi connectivity index (χ4n) is 5.59. The van der Waals surface area contributed by atoms with Crippen LogP contribution < -0.4 is 0 Å². The molecule has 0 aliphatic heterocycles. The summed E-state index contributed by atoms with van der Waals surface area (Å²) in [7, 11) is 0. The lowest BCUT2D eigenvalue weighted by molar-refractivity contribution is 0.0596. The number of phenolic OH excluding ortho intramolecular Hbond substituents is 1. The second kappa shape index (κ2) is 4.24. The molecule has 2 fully saturated rings. The van der Waals surface area contributed by atoms with Crippen LogP contribution in [0.25, 0.3) is 0 Å². The number of benzene rings is 1. The van der Waals surface area contributed by atoms with Crippen LogP contribution in [0.2, 0.25) is 0 Å². The monoisotopic (exact) mass is 272 g/mol. The van der Waals surface area contributed by atoms with Gasteiger partial charge in [0, 0.05) is 0 Å². The van der Waals surface area contributed by atoms with Crippen LogP contribution in [0.1, 0.15) is 56.1 Å². The van der Waals surface area contributed by atoms with E-state index >= 15 is 0 Å². The largest absolute Gasteiger partial charge is 0.508 e. The van der Waals surface area contributed by atoms with E-state index < -0.39 is 0 Å². The predicted molar refractivity (Wildman–Crippen MR) is 78.7 cm³/mol. The molecule has 0 aromatic heterocycles. The standard InChI is InChI=1S/C18H24O2/c1-18-7-6-15-14-5-3-12(19)8-11(14)2-4-16(15)17(18)9-13(20)10-18/h3,5,8,13,15-17,19-20H,2,4,6-7,9-10H2,1H3/t13-,15-,16+,17+,18-/m1/s1. The molecule has 0 spiro atoms. The molecule has 3 aliphatic rings. The van der Waals surface area contributed by atoms with Crippen molar-refractivity contribution in [1.29, 1.82) is 0 Å². The van der Waals surface area contributed by atoms with Gasteiger partial charge in [0.15, 0.2) is 0 Å². The first-order valence-electron chi connectivity index (χ1n) is 8.07. The van der Waals surface area contributed by atoms with E-state index in [-0.39, 0.29) is 6.10 Å². The van der Waals surface area contributed by atoms with Crippen LogP contribution in [-0.2, 0) is 6.42 Å². The average molecular weight is 272 g/mol. The Kier molecular flexibility index (Phi) is 2.69. The van der Waals surface area contributed by atoms with Gasteiger partial charge in [-0.25, -0.2) is 0 Å². The molecule has 2 N–H and O–H groups in total. The SMILES string of the molecule is C[C@]12CC[C@@H]3c4ccc(O)cc4CC[C@@H]3[C@@H]1C[C@@H](O)C2. The molecule has 108 valence electrons. The molecule has 0 heterocycles. The lowest BCUT2D eigenvalue weighted by Gasteiger charge is -2.49. The van der Waals surface area contributed by atoms with Gasteiger partial charge in [-0.05, 0) is 85.0 Å². The Morgan fingerprint density at radius 3 is 2.95 bits per heavy atom. The van der Waals surface area contributed by atoms with Crippen molar-refractivity contribution in [2.75, 3.05) is 0 Å². The molecule has 2 nitrogen and oxygen atoms in total. The van der Waals surface area contributed by atoms with E-state index in [1.807, 2.05) is 12.1 Å². The summed E-state index contributed by atoms with van der Waals surface area (Å²) < 4.78 is 0. The quantitative estimate of drug-likeness (QED) is 0.757. The van der Waals surface area contributed by atoms with Crippen LogP contribution in [-0.4, -0.2) is 16.3 Å². The molecule has 0 saturated heterocycles. The molecule has 20 heavy (non-hydrogen) atoms. The van der Waals surface area contributed by atoms with Gasteiger partial charge in [0.1, 0.15) is 5.75 Å². The summed E-state index contributed by atoms with van der Waals surface area (Å²) in [6.07, 6.45) is 6.75. The Morgan fingerprint density at radius 2 is 2.10 bits per heavy atom. The molecular weight excluding hydrogens is 248 g/mol. The Labute approximate surface area is 120 Å². The Bertz CT molecular complexity index is 538. The maximum absolute atomic E-state index is 10.1. The van der Waals surface area contributed by atoms with E-state index in [9.17, 15) is 10.2 Å². The molecular formula is C18H24O2. The van der Waals surface area contributed by atoms with Crippen molar-refractivity contribution in [3.05, 3.63) is 29.3 Å². The highest BCUT2D eigenvalue weighted by Gasteiger charge is 2.52. The highest BCUT2D eigenvalue weighted by atomic mass is 16.3. The number of aryl methyl sites for hydroxylation is 1. The number of aliphatic hydroxyl groups is 1. The maximum Gasteiger partial charge on any atom is 0.115 e. The summed E-state index contributed by atoms with van der Waals surface area (Å²) in [5, 5.41) is 19.8. The maximum atomic E-state index is 10.1. The zero-order valence-electron chi connectivity index (χ0n) is 12.2. The first-order chi connectivity index (χ1) is 9.57. The van der Waals surface area contributed by atoms with E-state index in [1.54, 1.807) is 0 Å². The van der Waals surface area contributed by atoms with E-state index in [2.05, 4.69) is 13.0 Å². The van der Waals surface area contributed by atoms with Crippen molar-refractivity contribution in [2.45, 2.75) is 57.5 Å². The van der Waals surface area contributed by atoms with Gasteiger partial charge >= 0.3 is 0 Å². The third-order valence-corrected chi connectivity index (χ3v) is 6.46. The van der Waals surface area contributed by atoms with Crippen molar-refractivity contribution >= 4 is 0 Å². The Balaban J connectivity index is 1.70. The van der Waals surface area contributed by atoms with Crippen LogP contribution in [0.5, 0.6) is 5.75 Å². The average Bonchev–Trinajstić information content (AvgIpc) is 2.72. The number of hydrogen-bond donors (Lipinski definition) is 2. The summed E-state index contributed by atoms with van der Waals surface area (Å²) in [5.41, 5.74) is 3.20. The molecule has 0 bridgehead atoms. The lowest BCUT2D eigenvalue weighted by Crippen LogP contribution is -2.39. The van der Waals surface area contributed by atoms with E-state index in [0.717, 1.165) is 25.2 Å². The highest BCUT2D eigenvalue weighted by Crippen LogP contribution is 2.60. The van der Waals surface area contributed by atoms with Crippen molar-refractivity contribution in [1.82, 2.24) is 0 Å². The second-order valence-corrected chi connectivity index (χ2v) is 7.58. The molecule has 0 unspecified atom stereocenters. The normalized spacial score (nSPS) is 42.7. The fraction of sp³-hybridized carbons (Fsp3) is 0.667. The summed E-state index contributed by atoms with van der Waals surface area (Å²) in [4.78, 5) is 0. The Hall–Kier alpha value is -1.02. The van der Waals surface area contributed by atoms with Gasteiger partial charge in [-0.3, -0.25) is 0 Å². The number of fused-ring (bicyclic) bond motifs is 5. The van der Waals surface area contributed by atoms with Gasteiger partial charge in [0.2, 0.25) is 0 Å². The summed E-state index contributed by atoms with van der Waals surface area (Å²) in [5.74, 6) is 2.49. The molecule has 1 aromatic rings. The van der Waals surface area contributed by atoms with Gasteiger partial charge in [0.05, 0.1) is 6.10 Å². The van der Waals surface area contributed by atoms with Crippen LogP contribution >= 0.6 is 0 Å². The van der Waals surface area contributed by atoms with Crippen molar-refractivity contribution in [2.24, 2.45) is 17.3 Å². The summed E-state index contributed by atoms with van der Waals surface area (Å²) >= 11 is 0. The fourth-order valence-corrected chi connectivity index (χ4v) is 5.59. The smallest absolute Gasteiger partial charge is 0.115 e. The zero-order valence-corrected chi connectivity index (χ0v) is 12.2. The summed E-state index contributed by atoms with van der Waals surface area (Å²) in [6, 6.07) is 5.96. The zero-order chi connectivity index (χ0) is 13.9. The first-order valence-corrected chi connectivity index (χ1v) is 8.07. The van der Waals surface area contributed by atoms with Gasteiger partial charge in [0.25, 0.3) is 0 Å². The van der Waals surface area contributed by atoms with E-state index in [1.165, 1.54) is 30.4 Å². The van der Waals surface area contributed by atoms with Gasteiger partial charge < -0.3 is 10.2 Å². The molecule has 3 aliphatic carbocycles. The van der Waals surface area contributed by atoms with Gasteiger partial charge in [-0.2, -0.15) is 0 Å². The third-order valence-electron chi connectivity index (χ3n) is 6.46. The minimum absolute atomic E-state index is 0.0787. The molecule has 0 amide bonds. The minimum Gasteiger partial charge on any atom is -0.508 e. The van der Waals surface area contributed by atoms with Crippen molar-refractivity contribution in [3.8, 4) is 5.75 Å². The topological polar surface area (TPSA) is 40.5 Å². The summed E-state index contributed by atoms with van der Waals surface area (Å²) in [6.45, 7) is 2.40. The van der Waals surface area contributed by atoms with E-state index in [4.69, 9.17) is 0 Å². The number of aromatic hydroxyl groups is 1. The van der Waals surface area contributed by atoms with Crippen LogP contribution in [0.15, 0.2) is 18.2 Å². The first kappa shape index (κ1) is 12.7. The van der Waals surface area contributed by atoms with Gasteiger partial charge in [-0.15, -0.1) is 0 Å². The van der Waals surface area contributed by atoms with Crippen LogP contribution in [0, 0.1) is 17.3 Å². The number of aliphatic hydroxyl groups excluding tert-OH is 1. The number of rotatable bonds is 0. The number of hydrogen-bond acceptors (Lipinski definition) is 2. The molecule has 5 atom stereocenters. The number of phenols is 1.